The van der Waals surface area contributed by atoms with E-state index in [9.17, 15) is 19.5 Å². The highest BCUT2D eigenvalue weighted by molar-refractivity contribution is 6.06. The van der Waals surface area contributed by atoms with E-state index >= 15 is 0 Å². The second-order valence-corrected chi connectivity index (χ2v) is 9.59. The predicted molar refractivity (Wildman–Crippen MR) is 148 cm³/mol. The Morgan fingerprint density at radius 3 is 2.31 bits per heavy atom. The molecule has 0 bridgehead atoms. The number of aryl methyl sites for hydroxylation is 1. The SMILES string of the molecule is O=C(O)CCN(Cc1cccnc1)C(=O)c1ccccc1-c1ccccc1C(=O)NC1CCc2ccccc21. The molecule has 0 saturated heterocycles. The van der Waals surface area contributed by atoms with Crippen LogP contribution < -0.4 is 5.32 Å². The van der Waals surface area contributed by atoms with Crippen LogP contribution in [0.15, 0.2) is 97.3 Å². The highest BCUT2D eigenvalue weighted by Crippen LogP contribution is 2.33. The van der Waals surface area contributed by atoms with Gasteiger partial charge in [-0.25, -0.2) is 0 Å². The maximum atomic E-state index is 13.9. The van der Waals surface area contributed by atoms with Crippen LogP contribution in [0.2, 0.25) is 0 Å². The van der Waals surface area contributed by atoms with Gasteiger partial charge in [0.15, 0.2) is 0 Å². The van der Waals surface area contributed by atoms with Crippen molar-refractivity contribution in [2.75, 3.05) is 6.54 Å². The summed E-state index contributed by atoms with van der Waals surface area (Å²) in [7, 11) is 0. The first-order valence-electron chi connectivity index (χ1n) is 13.0. The fourth-order valence-electron chi connectivity index (χ4n) is 5.13. The van der Waals surface area contributed by atoms with E-state index in [0.29, 0.717) is 22.3 Å². The summed E-state index contributed by atoms with van der Waals surface area (Å²) in [5, 5.41) is 12.5. The summed E-state index contributed by atoms with van der Waals surface area (Å²) in [5.74, 6) is -1.49. The third-order valence-corrected chi connectivity index (χ3v) is 7.04. The lowest BCUT2D eigenvalue weighted by atomic mass is 9.94. The number of rotatable bonds is 9. The molecule has 1 aromatic heterocycles. The fourth-order valence-corrected chi connectivity index (χ4v) is 5.13. The minimum absolute atomic E-state index is 0.0423. The van der Waals surface area contributed by atoms with Crippen LogP contribution in [0.1, 0.15) is 56.3 Å². The molecule has 1 aliphatic carbocycles. The minimum Gasteiger partial charge on any atom is -0.481 e. The second-order valence-electron chi connectivity index (χ2n) is 9.59. The lowest BCUT2D eigenvalue weighted by Gasteiger charge is -2.24. The first kappa shape index (κ1) is 25.9. The summed E-state index contributed by atoms with van der Waals surface area (Å²) < 4.78 is 0. The van der Waals surface area contributed by atoms with Gasteiger partial charge in [0, 0.05) is 36.6 Å². The van der Waals surface area contributed by atoms with Gasteiger partial charge in [-0.2, -0.15) is 0 Å². The molecule has 5 rings (SSSR count). The number of carboxylic acid groups (broad SMARTS) is 1. The Hall–Kier alpha value is -4.78. The van der Waals surface area contributed by atoms with Crippen LogP contribution in [0.5, 0.6) is 0 Å². The van der Waals surface area contributed by atoms with Crippen LogP contribution in [0.25, 0.3) is 11.1 Å². The fraction of sp³-hybridized carbons (Fsp3) is 0.188. The van der Waals surface area contributed by atoms with E-state index < -0.39 is 5.97 Å². The normalized spacial score (nSPS) is 13.9. The first-order valence-corrected chi connectivity index (χ1v) is 13.0. The van der Waals surface area contributed by atoms with Gasteiger partial charge in [-0.1, -0.05) is 66.7 Å². The van der Waals surface area contributed by atoms with E-state index in [4.69, 9.17) is 0 Å². The molecule has 196 valence electrons. The number of amides is 2. The standard InChI is InChI=1S/C32H29N3O4/c36-30(37)17-19-35(21-22-8-7-18-33-20-22)32(39)28-14-6-4-12-26(28)25-11-3-5-13-27(25)31(38)34-29-16-15-23-9-1-2-10-24(23)29/h1-14,18,20,29H,15-17,19,21H2,(H,34,38)(H,36,37). The number of carbonyl (C=O) groups excluding carboxylic acids is 2. The van der Waals surface area contributed by atoms with E-state index in [2.05, 4.69) is 22.4 Å². The molecule has 0 radical (unpaired) electrons. The molecule has 0 fully saturated rings. The summed E-state index contributed by atoms with van der Waals surface area (Å²) in [6.07, 6.45) is 4.89. The zero-order valence-corrected chi connectivity index (χ0v) is 21.4. The largest absolute Gasteiger partial charge is 0.481 e. The third kappa shape index (κ3) is 5.88. The van der Waals surface area contributed by atoms with Crippen LogP contribution in [0.3, 0.4) is 0 Å². The number of hydrogen-bond acceptors (Lipinski definition) is 4. The smallest absolute Gasteiger partial charge is 0.305 e. The van der Waals surface area contributed by atoms with Crippen molar-refractivity contribution >= 4 is 17.8 Å². The maximum absolute atomic E-state index is 13.9. The summed E-state index contributed by atoms with van der Waals surface area (Å²) in [6, 6.07) is 26.1. The number of benzene rings is 3. The average molecular weight is 520 g/mol. The quantitative estimate of drug-likeness (QED) is 0.313. The Balaban J connectivity index is 1.46. The molecule has 0 saturated carbocycles. The van der Waals surface area contributed by atoms with Crippen molar-refractivity contribution < 1.29 is 19.5 Å². The van der Waals surface area contributed by atoms with E-state index in [1.54, 1.807) is 36.7 Å². The number of aromatic nitrogens is 1. The number of pyridine rings is 1. The Bertz CT molecular complexity index is 1500. The molecule has 3 aromatic carbocycles. The van der Waals surface area contributed by atoms with Gasteiger partial charge in [0.05, 0.1) is 12.5 Å². The number of nitrogens with one attached hydrogen (secondary N) is 1. The molecule has 1 unspecified atom stereocenters. The Morgan fingerprint density at radius 2 is 1.56 bits per heavy atom. The van der Waals surface area contributed by atoms with Gasteiger partial charge in [0.25, 0.3) is 11.8 Å². The molecule has 4 aromatic rings. The van der Waals surface area contributed by atoms with Gasteiger partial charge in [-0.3, -0.25) is 19.4 Å². The molecule has 2 amide bonds. The number of carbonyl (C=O) groups is 3. The zero-order valence-electron chi connectivity index (χ0n) is 21.4. The third-order valence-electron chi connectivity index (χ3n) is 7.04. The lowest BCUT2D eigenvalue weighted by Crippen LogP contribution is -2.33. The van der Waals surface area contributed by atoms with Crippen molar-refractivity contribution in [1.29, 1.82) is 0 Å². The van der Waals surface area contributed by atoms with Crippen molar-refractivity contribution in [1.82, 2.24) is 15.2 Å². The summed E-state index contributed by atoms with van der Waals surface area (Å²) in [5.41, 5.74) is 5.33. The van der Waals surface area contributed by atoms with Crippen molar-refractivity contribution in [2.45, 2.75) is 31.8 Å². The molecule has 39 heavy (non-hydrogen) atoms. The van der Waals surface area contributed by atoms with Gasteiger partial charge in [0.2, 0.25) is 0 Å². The average Bonchev–Trinajstić information content (AvgIpc) is 3.38. The van der Waals surface area contributed by atoms with Gasteiger partial charge in [-0.15, -0.1) is 0 Å². The molecule has 2 N–H and O–H groups in total. The van der Waals surface area contributed by atoms with Gasteiger partial charge >= 0.3 is 5.97 Å². The van der Waals surface area contributed by atoms with E-state index in [1.165, 1.54) is 10.5 Å². The highest BCUT2D eigenvalue weighted by Gasteiger charge is 2.26. The number of hydrogen-bond donors (Lipinski definition) is 2. The molecular formula is C32H29N3O4. The van der Waals surface area contributed by atoms with Crippen LogP contribution >= 0.6 is 0 Å². The van der Waals surface area contributed by atoms with Crippen LogP contribution in [0, 0.1) is 0 Å². The number of nitrogens with zero attached hydrogens (tertiary/aromatic N) is 2. The minimum atomic E-state index is -0.984. The topological polar surface area (TPSA) is 99.6 Å². The zero-order chi connectivity index (χ0) is 27.2. The summed E-state index contributed by atoms with van der Waals surface area (Å²) in [4.78, 5) is 44.4. The van der Waals surface area contributed by atoms with Gasteiger partial charge in [0.1, 0.15) is 0 Å². The molecule has 1 atom stereocenters. The summed E-state index contributed by atoms with van der Waals surface area (Å²) in [6.45, 7) is 0.262. The highest BCUT2D eigenvalue weighted by atomic mass is 16.4. The molecule has 0 spiro atoms. The maximum Gasteiger partial charge on any atom is 0.305 e. The van der Waals surface area contributed by atoms with Crippen molar-refractivity contribution in [3.63, 3.8) is 0 Å². The number of aliphatic carboxylic acids is 1. The summed E-state index contributed by atoms with van der Waals surface area (Å²) >= 11 is 0. The lowest BCUT2D eigenvalue weighted by molar-refractivity contribution is -0.137. The number of carboxylic acids is 1. The van der Waals surface area contributed by atoms with Crippen LogP contribution in [-0.4, -0.2) is 39.3 Å². The molecule has 0 aliphatic heterocycles. The van der Waals surface area contributed by atoms with Gasteiger partial charge in [-0.05, 0) is 58.9 Å². The van der Waals surface area contributed by atoms with Crippen molar-refractivity contribution in [3.8, 4) is 11.1 Å². The second kappa shape index (κ2) is 11.7. The van der Waals surface area contributed by atoms with E-state index in [1.807, 2.05) is 48.5 Å². The van der Waals surface area contributed by atoms with E-state index in [-0.39, 0.29) is 37.4 Å². The molecule has 7 heteroatoms. The van der Waals surface area contributed by atoms with Crippen LogP contribution in [0.4, 0.5) is 0 Å². The predicted octanol–water partition coefficient (Wildman–Crippen LogP) is 5.28. The Labute approximate surface area is 227 Å². The molecule has 1 heterocycles. The Morgan fingerprint density at radius 1 is 0.872 bits per heavy atom. The van der Waals surface area contributed by atoms with Gasteiger partial charge < -0.3 is 15.3 Å². The van der Waals surface area contributed by atoms with E-state index in [0.717, 1.165) is 24.0 Å². The molecule has 1 aliphatic rings. The Kier molecular flexibility index (Phi) is 7.78. The number of fused-ring (bicyclic) bond motifs is 1. The molecular weight excluding hydrogens is 490 g/mol. The van der Waals surface area contributed by atoms with Crippen molar-refractivity contribution in [2.24, 2.45) is 0 Å². The first-order chi connectivity index (χ1) is 19.0. The van der Waals surface area contributed by atoms with Crippen molar-refractivity contribution in [3.05, 3.63) is 125 Å². The van der Waals surface area contributed by atoms with Crippen LogP contribution in [-0.2, 0) is 17.8 Å². The molecule has 7 nitrogen and oxygen atoms in total. The monoisotopic (exact) mass is 519 g/mol.